The Hall–Kier alpha value is -3.60. The predicted molar refractivity (Wildman–Crippen MR) is 133 cm³/mol. The van der Waals surface area contributed by atoms with Gasteiger partial charge in [0.1, 0.15) is 11.5 Å². The van der Waals surface area contributed by atoms with Crippen LogP contribution in [0.4, 0.5) is 0 Å². The predicted octanol–water partition coefficient (Wildman–Crippen LogP) is 5.64. The Morgan fingerprint density at radius 1 is 0.529 bits per heavy atom. The monoisotopic (exact) mass is 452 g/mol. The summed E-state index contributed by atoms with van der Waals surface area (Å²) < 4.78 is 11.2. The molecule has 4 aromatic carbocycles. The van der Waals surface area contributed by atoms with E-state index in [-0.39, 0.29) is 0 Å². The number of hydrogen-bond donors (Lipinski definition) is 2. The first kappa shape index (κ1) is 22.2. The first-order valence-corrected chi connectivity index (χ1v) is 11.6. The molecule has 1 aliphatic rings. The van der Waals surface area contributed by atoms with E-state index in [2.05, 4.69) is 0 Å². The van der Waals surface area contributed by atoms with E-state index in [1.165, 1.54) is 0 Å². The Bertz CT molecular complexity index is 1190. The number of rotatable bonds is 6. The molecule has 2 unspecified atom stereocenters. The lowest BCUT2D eigenvalue weighted by Gasteiger charge is -2.49. The second-order valence-electron chi connectivity index (χ2n) is 8.43. The molecular weight excluding hydrogens is 424 g/mol. The highest BCUT2D eigenvalue weighted by Crippen LogP contribution is 2.57. The number of ether oxygens (including phenoxy) is 2. The molecule has 2 atom stereocenters. The van der Waals surface area contributed by atoms with Gasteiger partial charge in [0.2, 0.25) is 0 Å². The van der Waals surface area contributed by atoms with Crippen LogP contribution in [-0.2, 0) is 11.2 Å². The zero-order chi connectivity index (χ0) is 23.8. The number of benzene rings is 4. The van der Waals surface area contributed by atoms with Crippen LogP contribution >= 0.6 is 0 Å². The van der Waals surface area contributed by atoms with Crippen LogP contribution in [0.15, 0.2) is 97.1 Å². The second-order valence-corrected chi connectivity index (χ2v) is 8.43. The molecule has 0 amide bonds. The van der Waals surface area contributed by atoms with Crippen LogP contribution < -0.4 is 9.47 Å². The SMILES string of the molecule is CCOc1ccc(C2(O)c3ccccc3-c3ccccc3C2(O)c2ccc(OCC)cc2)cc1. The minimum absolute atomic E-state index is 0.552. The highest BCUT2D eigenvalue weighted by molar-refractivity contribution is 5.79. The van der Waals surface area contributed by atoms with Crippen molar-refractivity contribution in [1.29, 1.82) is 0 Å². The third-order valence-corrected chi connectivity index (χ3v) is 6.61. The zero-order valence-electron chi connectivity index (χ0n) is 19.4. The van der Waals surface area contributed by atoms with Crippen molar-refractivity contribution in [3.63, 3.8) is 0 Å². The van der Waals surface area contributed by atoms with Gasteiger partial charge in [-0.25, -0.2) is 0 Å². The quantitative estimate of drug-likeness (QED) is 0.398. The fourth-order valence-electron chi connectivity index (χ4n) is 5.10. The summed E-state index contributed by atoms with van der Waals surface area (Å²) in [5.41, 5.74) is 0.730. The fraction of sp³-hybridized carbons (Fsp3) is 0.200. The average molecular weight is 453 g/mol. The molecule has 0 radical (unpaired) electrons. The number of fused-ring (bicyclic) bond motifs is 3. The first-order chi connectivity index (χ1) is 16.5. The smallest absolute Gasteiger partial charge is 0.152 e. The molecule has 0 saturated heterocycles. The molecule has 4 aromatic rings. The summed E-state index contributed by atoms with van der Waals surface area (Å²) in [4.78, 5) is 0. The minimum Gasteiger partial charge on any atom is -0.494 e. The van der Waals surface area contributed by atoms with Crippen molar-refractivity contribution in [1.82, 2.24) is 0 Å². The van der Waals surface area contributed by atoms with Gasteiger partial charge in [0.05, 0.1) is 13.2 Å². The van der Waals surface area contributed by atoms with Crippen LogP contribution in [0.3, 0.4) is 0 Å². The van der Waals surface area contributed by atoms with Crippen LogP contribution in [0.1, 0.15) is 36.1 Å². The topological polar surface area (TPSA) is 58.9 Å². The molecule has 0 aliphatic heterocycles. The molecular formula is C30H28O4. The average Bonchev–Trinajstić information content (AvgIpc) is 2.88. The Balaban J connectivity index is 1.80. The number of hydrogen-bond acceptors (Lipinski definition) is 4. The molecule has 0 fully saturated rings. The maximum atomic E-state index is 12.7. The summed E-state index contributed by atoms with van der Waals surface area (Å²) in [5.74, 6) is 1.42. The highest BCUT2D eigenvalue weighted by atomic mass is 16.5. The second kappa shape index (κ2) is 8.64. The van der Waals surface area contributed by atoms with E-state index in [4.69, 9.17) is 9.47 Å². The van der Waals surface area contributed by atoms with Crippen molar-refractivity contribution >= 4 is 0 Å². The van der Waals surface area contributed by atoms with E-state index in [9.17, 15) is 10.2 Å². The summed E-state index contributed by atoms with van der Waals surface area (Å²) in [7, 11) is 0. The standard InChI is InChI=1S/C30H28O4/c1-3-33-23-17-13-21(14-18-23)29(31)27-11-7-5-9-25(27)26-10-6-8-12-28(26)30(29,32)22-15-19-24(20-16-22)34-4-2/h5-20,31-32H,3-4H2,1-2H3. The molecule has 0 spiro atoms. The molecule has 0 aromatic heterocycles. The van der Waals surface area contributed by atoms with E-state index >= 15 is 0 Å². The van der Waals surface area contributed by atoms with Crippen LogP contribution in [0, 0.1) is 0 Å². The Labute approximate surface area is 200 Å². The summed E-state index contributed by atoms with van der Waals surface area (Å²) in [6.07, 6.45) is 0. The normalized spacial score (nSPS) is 20.8. The summed E-state index contributed by atoms with van der Waals surface area (Å²) in [6, 6.07) is 30.1. The molecule has 5 rings (SSSR count). The molecule has 1 aliphatic carbocycles. The van der Waals surface area contributed by atoms with Crippen LogP contribution in [-0.4, -0.2) is 23.4 Å². The van der Waals surface area contributed by atoms with Crippen LogP contribution in [0.2, 0.25) is 0 Å². The Morgan fingerprint density at radius 2 is 0.882 bits per heavy atom. The van der Waals surface area contributed by atoms with Gasteiger partial charge >= 0.3 is 0 Å². The molecule has 2 N–H and O–H groups in total. The fourth-order valence-corrected chi connectivity index (χ4v) is 5.10. The lowest BCUT2D eigenvalue weighted by atomic mass is 9.60. The minimum atomic E-state index is -1.75. The van der Waals surface area contributed by atoms with Gasteiger partial charge in [-0.1, -0.05) is 72.8 Å². The van der Waals surface area contributed by atoms with Gasteiger partial charge < -0.3 is 19.7 Å². The van der Waals surface area contributed by atoms with Gasteiger partial charge in [0.25, 0.3) is 0 Å². The molecule has 0 saturated carbocycles. The molecule has 172 valence electrons. The highest BCUT2D eigenvalue weighted by Gasteiger charge is 2.58. The van der Waals surface area contributed by atoms with Crippen molar-refractivity contribution in [2.45, 2.75) is 25.0 Å². The molecule has 0 bridgehead atoms. The van der Waals surface area contributed by atoms with E-state index in [1.807, 2.05) is 111 Å². The molecule has 34 heavy (non-hydrogen) atoms. The van der Waals surface area contributed by atoms with Crippen molar-refractivity contribution in [3.05, 3.63) is 119 Å². The van der Waals surface area contributed by atoms with E-state index in [0.717, 1.165) is 11.1 Å². The van der Waals surface area contributed by atoms with E-state index in [0.29, 0.717) is 47.0 Å². The third-order valence-electron chi connectivity index (χ3n) is 6.61. The van der Waals surface area contributed by atoms with Gasteiger partial charge in [-0.2, -0.15) is 0 Å². The molecule has 4 nitrogen and oxygen atoms in total. The Kier molecular flexibility index (Phi) is 5.64. The summed E-state index contributed by atoms with van der Waals surface area (Å²) in [6.45, 7) is 4.97. The summed E-state index contributed by atoms with van der Waals surface area (Å²) in [5, 5.41) is 25.4. The zero-order valence-corrected chi connectivity index (χ0v) is 19.4. The Morgan fingerprint density at radius 3 is 1.24 bits per heavy atom. The van der Waals surface area contributed by atoms with Gasteiger partial charge in [-0.15, -0.1) is 0 Å². The van der Waals surface area contributed by atoms with Crippen molar-refractivity contribution in [2.24, 2.45) is 0 Å². The van der Waals surface area contributed by atoms with Crippen molar-refractivity contribution in [2.75, 3.05) is 13.2 Å². The lowest BCUT2D eigenvalue weighted by Crippen LogP contribution is -2.53. The maximum Gasteiger partial charge on any atom is 0.152 e. The van der Waals surface area contributed by atoms with Gasteiger partial charge in [-0.05, 0) is 71.5 Å². The van der Waals surface area contributed by atoms with Crippen LogP contribution in [0.25, 0.3) is 11.1 Å². The van der Waals surface area contributed by atoms with Crippen molar-refractivity contribution in [3.8, 4) is 22.6 Å². The van der Waals surface area contributed by atoms with E-state index in [1.54, 1.807) is 0 Å². The van der Waals surface area contributed by atoms with E-state index < -0.39 is 11.2 Å². The van der Waals surface area contributed by atoms with Gasteiger partial charge in [-0.3, -0.25) is 0 Å². The molecule has 0 heterocycles. The lowest BCUT2D eigenvalue weighted by molar-refractivity contribution is -0.114. The summed E-state index contributed by atoms with van der Waals surface area (Å²) >= 11 is 0. The largest absolute Gasteiger partial charge is 0.494 e. The van der Waals surface area contributed by atoms with Crippen molar-refractivity contribution < 1.29 is 19.7 Å². The van der Waals surface area contributed by atoms with Gasteiger partial charge in [0, 0.05) is 0 Å². The van der Waals surface area contributed by atoms with Gasteiger partial charge in [0.15, 0.2) is 11.2 Å². The first-order valence-electron chi connectivity index (χ1n) is 11.6. The van der Waals surface area contributed by atoms with Crippen LogP contribution in [0.5, 0.6) is 11.5 Å². The third kappa shape index (κ3) is 3.22. The maximum absolute atomic E-state index is 12.7. The molecule has 4 heteroatoms. The number of aliphatic hydroxyl groups is 2.